The Hall–Kier alpha value is -1.59. The number of aromatic nitrogens is 3. The van der Waals surface area contributed by atoms with E-state index in [9.17, 15) is 4.79 Å². The molecule has 1 heterocycles. The molecule has 0 radical (unpaired) electrons. The maximum Gasteiger partial charge on any atom is 0.426 e. The lowest BCUT2D eigenvalue weighted by molar-refractivity contribution is 0.164. The fraction of sp³-hybridized carbons (Fsp3) is 0.625. The minimum Gasteiger partial charge on any atom is -0.449 e. The van der Waals surface area contributed by atoms with Crippen LogP contribution in [0.15, 0.2) is 6.33 Å². The first-order chi connectivity index (χ1) is 6.77. The Kier molecular flexibility index (Phi) is 3.90. The molecule has 78 valence electrons. The third-order valence-electron chi connectivity index (χ3n) is 1.58. The lowest BCUT2D eigenvalue weighted by Crippen LogP contribution is -2.24. The molecule has 0 saturated heterocycles. The molecule has 1 N–H and O–H groups in total. The number of nitrogens with one attached hydrogen (secondary N) is 1. The van der Waals surface area contributed by atoms with Crippen molar-refractivity contribution in [2.45, 2.75) is 26.7 Å². The number of nitrogens with zero attached hydrogens (tertiary/aromatic N) is 3. The zero-order valence-corrected chi connectivity index (χ0v) is 8.36. The molecule has 1 aromatic heterocycles. The van der Waals surface area contributed by atoms with Gasteiger partial charge in [-0.1, -0.05) is 6.92 Å². The fourth-order valence-corrected chi connectivity index (χ4v) is 1.01. The van der Waals surface area contributed by atoms with Crippen molar-refractivity contribution < 1.29 is 9.53 Å². The van der Waals surface area contributed by atoms with Crippen molar-refractivity contribution in [3.63, 3.8) is 0 Å². The van der Waals surface area contributed by atoms with Gasteiger partial charge in [0, 0.05) is 6.42 Å². The van der Waals surface area contributed by atoms with Crippen LogP contribution in [0.3, 0.4) is 0 Å². The maximum absolute atomic E-state index is 11.1. The van der Waals surface area contributed by atoms with E-state index in [2.05, 4.69) is 15.6 Å². The third kappa shape index (κ3) is 2.72. The molecule has 14 heavy (non-hydrogen) atoms. The fourth-order valence-electron chi connectivity index (χ4n) is 1.01. The van der Waals surface area contributed by atoms with Gasteiger partial charge in [-0.05, 0) is 13.3 Å². The number of aryl methyl sites for hydroxylation is 1. The Bertz CT molecular complexity index is 297. The molecule has 0 aliphatic heterocycles. The van der Waals surface area contributed by atoms with Crippen LogP contribution in [0.5, 0.6) is 0 Å². The van der Waals surface area contributed by atoms with Crippen molar-refractivity contribution in [2.24, 2.45) is 0 Å². The van der Waals surface area contributed by atoms with Crippen molar-refractivity contribution in [1.82, 2.24) is 14.9 Å². The minimum absolute atomic E-state index is 0.344. The first-order valence-electron chi connectivity index (χ1n) is 4.60. The number of hydrogen-bond donors (Lipinski definition) is 1. The van der Waals surface area contributed by atoms with Gasteiger partial charge in [-0.25, -0.2) is 14.9 Å². The van der Waals surface area contributed by atoms with E-state index in [1.165, 1.54) is 11.0 Å². The predicted molar refractivity (Wildman–Crippen MR) is 50.4 cm³/mol. The summed E-state index contributed by atoms with van der Waals surface area (Å²) in [5.74, 6) is 0.723. The number of hydrogen-bond acceptors (Lipinski definition) is 4. The molecule has 0 unspecified atom stereocenters. The Morgan fingerprint density at radius 1 is 1.64 bits per heavy atom. The third-order valence-corrected chi connectivity index (χ3v) is 1.58. The average Bonchev–Trinajstić information content (AvgIpc) is 2.54. The van der Waals surface area contributed by atoms with Gasteiger partial charge in [0.2, 0.25) is 0 Å². The summed E-state index contributed by atoms with van der Waals surface area (Å²) in [4.78, 5) is 11.1. The standard InChI is InChI=1S/C8H14N4O2/c1-3-5-7-10-9-6-12(7)11-8(13)14-4-2/h6H,3-5H2,1-2H3,(H,11,13). The van der Waals surface area contributed by atoms with Crippen LogP contribution in [0, 0.1) is 0 Å². The summed E-state index contributed by atoms with van der Waals surface area (Å²) >= 11 is 0. The summed E-state index contributed by atoms with van der Waals surface area (Å²) in [6.45, 7) is 4.12. The Labute approximate surface area is 82.2 Å². The van der Waals surface area contributed by atoms with Crippen LogP contribution >= 0.6 is 0 Å². The molecule has 0 aliphatic rings. The zero-order chi connectivity index (χ0) is 10.4. The monoisotopic (exact) mass is 198 g/mol. The van der Waals surface area contributed by atoms with Crippen molar-refractivity contribution in [2.75, 3.05) is 12.0 Å². The van der Waals surface area contributed by atoms with Gasteiger partial charge in [0.1, 0.15) is 6.33 Å². The Balaban J connectivity index is 2.56. The number of amides is 1. The summed E-state index contributed by atoms with van der Waals surface area (Å²) < 4.78 is 6.20. The van der Waals surface area contributed by atoms with Gasteiger partial charge in [0.25, 0.3) is 0 Å². The molecule has 0 aromatic carbocycles. The van der Waals surface area contributed by atoms with Gasteiger partial charge < -0.3 is 4.74 Å². The Morgan fingerprint density at radius 3 is 3.07 bits per heavy atom. The van der Waals surface area contributed by atoms with E-state index in [-0.39, 0.29) is 0 Å². The van der Waals surface area contributed by atoms with Crippen molar-refractivity contribution in [1.29, 1.82) is 0 Å². The van der Waals surface area contributed by atoms with E-state index in [0.29, 0.717) is 6.61 Å². The van der Waals surface area contributed by atoms with Gasteiger partial charge in [-0.3, -0.25) is 0 Å². The second kappa shape index (κ2) is 5.21. The van der Waals surface area contributed by atoms with Gasteiger partial charge in [-0.15, -0.1) is 10.2 Å². The summed E-state index contributed by atoms with van der Waals surface area (Å²) in [5.41, 5.74) is 2.51. The van der Waals surface area contributed by atoms with E-state index < -0.39 is 6.09 Å². The quantitative estimate of drug-likeness (QED) is 0.781. The minimum atomic E-state index is -0.496. The average molecular weight is 198 g/mol. The highest BCUT2D eigenvalue weighted by Crippen LogP contribution is 1.96. The first-order valence-corrected chi connectivity index (χ1v) is 4.60. The molecule has 6 heteroatoms. The van der Waals surface area contributed by atoms with Crippen molar-refractivity contribution in [3.05, 3.63) is 12.2 Å². The zero-order valence-electron chi connectivity index (χ0n) is 8.36. The molecular formula is C8H14N4O2. The molecule has 1 aromatic rings. The SMILES string of the molecule is CCCc1nncn1NC(=O)OCC. The molecule has 6 nitrogen and oxygen atoms in total. The number of ether oxygens (including phenoxy) is 1. The van der Waals surface area contributed by atoms with E-state index in [1.807, 2.05) is 6.92 Å². The van der Waals surface area contributed by atoms with Crippen molar-refractivity contribution >= 4 is 6.09 Å². The van der Waals surface area contributed by atoms with Gasteiger partial charge in [0.15, 0.2) is 5.82 Å². The maximum atomic E-state index is 11.1. The van der Waals surface area contributed by atoms with Crippen LogP contribution in [-0.4, -0.2) is 27.6 Å². The van der Waals surface area contributed by atoms with Crippen molar-refractivity contribution in [3.8, 4) is 0 Å². The normalized spacial score (nSPS) is 9.86. The molecule has 0 aliphatic carbocycles. The number of carbonyl (C=O) groups excluding carboxylic acids is 1. The van der Waals surface area contributed by atoms with Gasteiger partial charge in [0.05, 0.1) is 6.61 Å². The molecule has 1 amide bonds. The van der Waals surface area contributed by atoms with Crippen LogP contribution < -0.4 is 5.43 Å². The molecule has 1 rings (SSSR count). The highest BCUT2D eigenvalue weighted by Gasteiger charge is 2.06. The summed E-state index contributed by atoms with van der Waals surface area (Å²) in [5, 5.41) is 7.56. The lowest BCUT2D eigenvalue weighted by Gasteiger charge is -2.07. The van der Waals surface area contributed by atoms with Crippen LogP contribution in [0.2, 0.25) is 0 Å². The Morgan fingerprint density at radius 2 is 2.43 bits per heavy atom. The van der Waals surface area contributed by atoms with E-state index in [4.69, 9.17) is 4.74 Å². The molecule has 0 atom stereocenters. The summed E-state index contributed by atoms with van der Waals surface area (Å²) in [6, 6.07) is 0. The van der Waals surface area contributed by atoms with E-state index in [1.54, 1.807) is 6.92 Å². The second-order valence-electron chi connectivity index (χ2n) is 2.70. The second-order valence-corrected chi connectivity index (χ2v) is 2.70. The first kappa shape index (κ1) is 10.5. The van der Waals surface area contributed by atoms with Crippen LogP contribution in [0.4, 0.5) is 4.79 Å². The highest BCUT2D eigenvalue weighted by molar-refractivity contribution is 5.75. The largest absolute Gasteiger partial charge is 0.449 e. The van der Waals surface area contributed by atoms with E-state index in [0.717, 1.165) is 18.7 Å². The topological polar surface area (TPSA) is 69.0 Å². The molecule has 0 bridgehead atoms. The summed E-state index contributed by atoms with van der Waals surface area (Å²) in [7, 11) is 0. The molecule has 0 saturated carbocycles. The molecule has 0 fully saturated rings. The van der Waals surface area contributed by atoms with Gasteiger partial charge >= 0.3 is 6.09 Å². The molecule has 0 spiro atoms. The van der Waals surface area contributed by atoms with Crippen LogP contribution in [0.25, 0.3) is 0 Å². The highest BCUT2D eigenvalue weighted by atomic mass is 16.6. The lowest BCUT2D eigenvalue weighted by atomic mass is 10.3. The predicted octanol–water partition coefficient (Wildman–Crippen LogP) is 0.931. The van der Waals surface area contributed by atoms with E-state index >= 15 is 0 Å². The summed E-state index contributed by atoms with van der Waals surface area (Å²) in [6.07, 6.45) is 2.67. The number of rotatable bonds is 4. The van der Waals surface area contributed by atoms with Gasteiger partial charge in [-0.2, -0.15) is 0 Å². The van der Waals surface area contributed by atoms with Crippen LogP contribution in [0.1, 0.15) is 26.1 Å². The number of carbonyl (C=O) groups is 1. The molecular weight excluding hydrogens is 184 g/mol. The smallest absolute Gasteiger partial charge is 0.426 e. The van der Waals surface area contributed by atoms with Crippen LogP contribution in [-0.2, 0) is 11.2 Å².